The van der Waals surface area contributed by atoms with Crippen LogP contribution in [0.3, 0.4) is 0 Å². The molecule has 33 heavy (non-hydrogen) atoms. The van der Waals surface area contributed by atoms with Crippen molar-refractivity contribution in [3.05, 3.63) is 47.4 Å². The second kappa shape index (κ2) is 8.84. The van der Waals surface area contributed by atoms with Crippen LogP contribution in [0.5, 0.6) is 5.75 Å². The van der Waals surface area contributed by atoms with Gasteiger partial charge >= 0.3 is 6.18 Å². The number of aryl methyl sites for hydroxylation is 1. The molecule has 174 valence electrons. The summed E-state index contributed by atoms with van der Waals surface area (Å²) in [6.07, 6.45) is -0.303. The zero-order chi connectivity index (χ0) is 23.8. The Labute approximate surface area is 187 Å². The average Bonchev–Trinajstić information content (AvgIpc) is 3.13. The summed E-state index contributed by atoms with van der Waals surface area (Å²) in [4.78, 5) is 27.1. The number of rotatable bonds is 5. The van der Waals surface area contributed by atoms with Crippen molar-refractivity contribution in [2.75, 3.05) is 12.4 Å². The van der Waals surface area contributed by atoms with Gasteiger partial charge in [-0.2, -0.15) is 18.3 Å². The van der Waals surface area contributed by atoms with Gasteiger partial charge in [0.2, 0.25) is 0 Å². The largest absolute Gasteiger partial charge is 0.494 e. The number of halogens is 3. The second-order valence-corrected chi connectivity index (χ2v) is 8.16. The molecule has 0 aliphatic heterocycles. The van der Waals surface area contributed by atoms with Crippen molar-refractivity contribution in [1.29, 1.82) is 0 Å². The van der Waals surface area contributed by atoms with Crippen LogP contribution < -0.4 is 10.1 Å². The third-order valence-electron chi connectivity index (χ3n) is 6.07. The number of carbonyl (C=O) groups excluding carboxylic acids is 2. The number of alkyl halides is 3. The molecule has 1 N–H and O–H groups in total. The molecule has 2 heterocycles. The highest BCUT2D eigenvalue weighted by molar-refractivity contribution is 6.05. The highest BCUT2D eigenvalue weighted by Crippen LogP contribution is 2.36. The number of carbonyl (C=O) groups is 2. The van der Waals surface area contributed by atoms with Crippen molar-refractivity contribution in [2.45, 2.75) is 44.8 Å². The van der Waals surface area contributed by atoms with Crippen LogP contribution in [0, 0.1) is 12.8 Å². The number of anilines is 1. The molecule has 2 aromatic heterocycles. The van der Waals surface area contributed by atoms with E-state index in [2.05, 4.69) is 10.3 Å². The first-order valence-electron chi connectivity index (χ1n) is 10.6. The summed E-state index contributed by atoms with van der Waals surface area (Å²) in [5.41, 5.74) is 0.388. The minimum atomic E-state index is -4.65. The van der Waals surface area contributed by atoms with E-state index in [9.17, 15) is 22.8 Å². The smallest absolute Gasteiger partial charge is 0.433 e. The molecular formula is C23H23F3N4O3. The van der Waals surface area contributed by atoms with Crippen LogP contribution in [0.4, 0.5) is 18.9 Å². The number of fused-ring (bicyclic) bond motifs is 1. The lowest BCUT2D eigenvalue weighted by atomic mass is 9.87. The van der Waals surface area contributed by atoms with E-state index >= 15 is 0 Å². The first kappa shape index (κ1) is 22.8. The van der Waals surface area contributed by atoms with E-state index in [-0.39, 0.29) is 17.7 Å². The summed E-state index contributed by atoms with van der Waals surface area (Å²) < 4.78 is 46.2. The van der Waals surface area contributed by atoms with E-state index in [0.29, 0.717) is 17.0 Å². The first-order valence-corrected chi connectivity index (χ1v) is 10.6. The molecule has 1 aromatic carbocycles. The normalized spacial score (nSPS) is 18.8. The molecule has 0 saturated heterocycles. The first-order chi connectivity index (χ1) is 15.7. The molecule has 0 bridgehead atoms. The Balaban J connectivity index is 1.64. The Hall–Kier alpha value is -3.43. The van der Waals surface area contributed by atoms with Gasteiger partial charge in [0.1, 0.15) is 23.4 Å². The molecule has 1 amide bonds. The van der Waals surface area contributed by atoms with Crippen LogP contribution in [0.2, 0.25) is 0 Å². The minimum Gasteiger partial charge on any atom is -0.494 e. The van der Waals surface area contributed by atoms with Crippen LogP contribution in [-0.4, -0.2) is 34.1 Å². The topological polar surface area (TPSA) is 86.1 Å². The number of hydrogen-bond donors (Lipinski definition) is 1. The van der Waals surface area contributed by atoms with Gasteiger partial charge in [-0.15, -0.1) is 0 Å². The molecular weight excluding hydrogens is 437 g/mol. The molecule has 1 aliphatic rings. The summed E-state index contributed by atoms with van der Waals surface area (Å²) in [6, 6.07) is 6.73. The van der Waals surface area contributed by atoms with Gasteiger partial charge in [-0.25, -0.2) is 4.98 Å². The monoisotopic (exact) mass is 460 g/mol. The molecule has 3 aromatic rings. The molecule has 0 spiro atoms. The van der Waals surface area contributed by atoms with Crippen molar-refractivity contribution >= 4 is 28.8 Å². The molecule has 1 aliphatic carbocycles. The summed E-state index contributed by atoms with van der Waals surface area (Å²) in [7, 11) is 1.43. The van der Waals surface area contributed by atoms with E-state index in [1.54, 1.807) is 12.1 Å². The lowest BCUT2D eigenvalue weighted by molar-refractivity contribution is -0.141. The quantitative estimate of drug-likeness (QED) is 0.545. The third-order valence-corrected chi connectivity index (χ3v) is 6.07. The zero-order valence-electron chi connectivity index (χ0n) is 18.1. The standard InChI is InChI=1S/C23H23F3N4O3/c1-13-16-10-19(28-22(32)17-4-3-5-21(27-17)23(24,25)26)20(33-2)11-18(16)29-30(13)15-8-6-14(12-31)7-9-15/h3-5,10-12,14-15H,6-9H2,1-2H3,(H,28,32). The Morgan fingerprint density at radius 2 is 1.94 bits per heavy atom. The number of nitrogens with one attached hydrogen (secondary N) is 1. The van der Waals surface area contributed by atoms with E-state index in [0.717, 1.165) is 55.2 Å². The predicted octanol–water partition coefficient (Wildman–Crippen LogP) is 4.95. The molecule has 0 radical (unpaired) electrons. The van der Waals surface area contributed by atoms with Gasteiger partial charge in [0.05, 0.1) is 24.4 Å². The second-order valence-electron chi connectivity index (χ2n) is 8.16. The Morgan fingerprint density at radius 3 is 2.58 bits per heavy atom. The predicted molar refractivity (Wildman–Crippen MR) is 115 cm³/mol. The number of nitrogens with zero attached hydrogens (tertiary/aromatic N) is 3. The van der Waals surface area contributed by atoms with Gasteiger partial charge in [-0.1, -0.05) is 6.07 Å². The van der Waals surface area contributed by atoms with Crippen molar-refractivity contribution in [3.8, 4) is 5.75 Å². The summed E-state index contributed by atoms with van der Waals surface area (Å²) >= 11 is 0. The van der Waals surface area contributed by atoms with Gasteiger partial charge in [0.15, 0.2) is 0 Å². The number of pyridine rings is 1. The maximum Gasteiger partial charge on any atom is 0.433 e. The molecule has 1 fully saturated rings. The highest BCUT2D eigenvalue weighted by atomic mass is 19.4. The fourth-order valence-electron chi connectivity index (χ4n) is 4.27. The van der Waals surface area contributed by atoms with Gasteiger partial charge in [-0.05, 0) is 50.8 Å². The highest BCUT2D eigenvalue weighted by Gasteiger charge is 2.33. The van der Waals surface area contributed by atoms with Crippen molar-refractivity contribution in [1.82, 2.24) is 14.8 Å². The maximum atomic E-state index is 13.0. The van der Waals surface area contributed by atoms with Crippen LogP contribution in [0.15, 0.2) is 30.3 Å². The fourth-order valence-corrected chi connectivity index (χ4v) is 4.27. The number of aromatic nitrogens is 3. The number of benzene rings is 1. The van der Waals surface area contributed by atoms with Crippen molar-refractivity contribution in [3.63, 3.8) is 0 Å². The van der Waals surface area contributed by atoms with Gasteiger partial charge in [0, 0.05) is 23.1 Å². The molecule has 7 nitrogen and oxygen atoms in total. The molecule has 4 rings (SSSR count). The molecule has 1 saturated carbocycles. The zero-order valence-corrected chi connectivity index (χ0v) is 18.1. The van der Waals surface area contributed by atoms with Gasteiger partial charge in [0.25, 0.3) is 5.91 Å². The number of ether oxygens (including phenoxy) is 1. The molecule has 0 atom stereocenters. The van der Waals surface area contributed by atoms with Gasteiger partial charge < -0.3 is 14.8 Å². The number of aldehydes is 1. The van der Waals surface area contributed by atoms with E-state index in [4.69, 9.17) is 9.84 Å². The maximum absolute atomic E-state index is 13.0. The Bertz CT molecular complexity index is 1200. The Morgan fingerprint density at radius 1 is 1.21 bits per heavy atom. The fraction of sp³-hybridized carbons (Fsp3) is 0.391. The Kier molecular flexibility index (Phi) is 6.09. The molecule has 10 heteroatoms. The number of hydrogen-bond acceptors (Lipinski definition) is 5. The lowest BCUT2D eigenvalue weighted by Crippen LogP contribution is -2.20. The van der Waals surface area contributed by atoms with E-state index in [1.807, 2.05) is 11.6 Å². The summed E-state index contributed by atoms with van der Waals surface area (Å²) in [6.45, 7) is 1.92. The number of amides is 1. The SMILES string of the molecule is COc1cc2nn(C3CCC(C=O)CC3)c(C)c2cc1NC(=O)c1cccc(C(F)(F)F)n1. The average molecular weight is 460 g/mol. The molecule has 0 unspecified atom stereocenters. The van der Waals surface area contributed by atoms with Crippen LogP contribution in [0.25, 0.3) is 10.9 Å². The van der Waals surface area contributed by atoms with Crippen LogP contribution in [-0.2, 0) is 11.0 Å². The van der Waals surface area contributed by atoms with Crippen molar-refractivity contribution in [2.24, 2.45) is 5.92 Å². The third kappa shape index (κ3) is 4.55. The summed E-state index contributed by atoms with van der Waals surface area (Å²) in [5, 5.41) is 8.11. The van der Waals surface area contributed by atoms with Crippen LogP contribution >= 0.6 is 0 Å². The lowest BCUT2D eigenvalue weighted by Gasteiger charge is -2.26. The minimum absolute atomic E-state index is 0.0953. The number of methoxy groups -OCH3 is 1. The van der Waals surface area contributed by atoms with E-state index in [1.165, 1.54) is 13.2 Å². The van der Waals surface area contributed by atoms with Crippen LogP contribution in [0.1, 0.15) is 53.6 Å². The van der Waals surface area contributed by atoms with Crippen molar-refractivity contribution < 1.29 is 27.5 Å². The van der Waals surface area contributed by atoms with Gasteiger partial charge in [-0.3, -0.25) is 9.48 Å². The van der Waals surface area contributed by atoms with E-state index < -0.39 is 17.8 Å². The summed E-state index contributed by atoms with van der Waals surface area (Å²) in [5.74, 6) is -0.356.